The second kappa shape index (κ2) is 8.41. The van der Waals surface area contributed by atoms with Crippen LogP contribution in [0.2, 0.25) is 0 Å². The second-order valence-corrected chi connectivity index (χ2v) is 6.09. The fourth-order valence-corrected chi connectivity index (χ4v) is 1.79. The number of aryl methyl sites for hydroxylation is 1. The summed E-state index contributed by atoms with van der Waals surface area (Å²) in [6, 6.07) is 0. The molecule has 0 aliphatic carbocycles. The number of rotatable bonds is 7. The number of hydrogen-bond acceptors (Lipinski definition) is 4. The Kier molecular flexibility index (Phi) is 6.88. The number of aromatic nitrogens is 2. The molecule has 1 rings (SSSR count). The smallest absolute Gasteiger partial charge is 0.407 e. The predicted molar refractivity (Wildman–Crippen MR) is 83.4 cm³/mol. The van der Waals surface area contributed by atoms with E-state index < -0.39 is 11.7 Å². The van der Waals surface area contributed by atoms with Gasteiger partial charge in [-0.1, -0.05) is 0 Å². The van der Waals surface area contributed by atoms with Gasteiger partial charge < -0.3 is 19.9 Å². The summed E-state index contributed by atoms with van der Waals surface area (Å²) in [5, 5.41) is 5.46. The standard InChI is InChI=1S/C15H26N4O3/c1-15(2,3)22-14(21)18-8-5-6-13(20)17-9-7-12-16-10-11-19(12)4/h10-11H,5-9H2,1-4H3,(H,17,20)(H,18,21). The van der Waals surface area contributed by atoms with E-state index in [1.54, 1.807) is 6.20 Å². The van der Waals surface area contributed by atoms with Crippen molar-refractivity contribution >= 4 is 12.0 Å². The molecule has 0 aliphatic rings. The van der Waals surface area contributed by atoms with Crippen molar-refractivity contribution in [3.8, 4) is 0 Å². The van der Waals surface area contributed by atoms with Gasteiger partial charge in [0.1, 0.15) is 11.4 Å². The van der Waals surface area contributed by atoms with E-state index in [-0.39, 0.29) is 5.91 Å². The zero-order valence-corrected chi connectivity index (χ0v) is 13.8. The number of imidazole rings is 1. The Morgan fingerprint density at radius 2 is 2.00 bits per heavy atom. The van der Waals surface area contributed by atoms with Gasteiger partial charge in [-0.05, 0) is 27.2 Å². The molecular formula is C15H26N4O3. The zero-order chi connectivity index (χ0) is 16.6. The molecule has 0 aliphatic heterocycles. The van der Waals surface area contributed by atoms with Crippen LogP contribution < -0.4 is 10.6 Å². The number of ether oxygens (including phenoxy) is 1. The average molecular weight is 310 g/mol. The van der Waals surface area contributed by atoms with Gasteiger partial charge in [-0.3, -0.25) is 4.79 Å². The van der Waals surface area contributed by atoms with Crippen molar-refractivity contribution < 1.29 is 14.3 Å². The lowest BCUT2D eigenvalue weighted by atomic mass is 10.2. The first kappa shape index (κ1) is 18.0. The van der Waals surface area contributed by atoms with E-state index in [1.807, 2.05) is 38.6 Å². The number of carbonyl (C=O) groups is 2. The molecular weight excluding hydrogens is 284 g/mol. The minimum atomic E-state index is -0.508. The molecule has 0 spiro atoms. The number of alkyl carbamates (subject to hydrolysis) is 1. The Labute approximate surface area is 131 Å². The van der Waals surface area contributed by atoms with Crippen LogP contribution in [0.25, 0.3) is 0 Å². The minimum Gasteiger partial charge on any atom is -0.444 e. The number of nitrogens with one attached hydrogen (secondary N) is 2. The van der Waals surface area contributed by atoms with Crippen LogP contribution in [-0.2, 0) is 23.0 Å². The van der Waals surface area contributed by atoms with Crippen LogP contribution >= 0.6 is 0 Å². The Balaban J connectivity index is 2.06. The predicted octanol–water partition coefficient (Wildman–Crippen LogP) is 1.38. The lowest BCUT2D eigenvalue weighted by Crippen LogP contribution is -2.33. The molecule has 0 saturated carbocycles. The number of carbonyl (C=O) groups excluding carboxylic acids is 2. The highest BCUT2D eigenvalue weighted by molar-refractivity contribution is 5.75. The maximum atomic E-state index is 11.6. The van der Waals surface area contributed by atoms with Crippen molar-refractivity contribution in [2.45, 2.75) is 45.6 Å². The number of nitrogens with zero attached hydrogens (tertiary/aromatic N) is 2. The maximum absolute atomic E-state index is 11.6. The lowest BCUT2D eigenvalue weighted by Gasteiger charge is -2.19. The van der Waals surface area contributed by atoms with E-state index in [9.17, 15) is 9.59 Å². The van der Waals surface area contributed by atoms with Gasteiger partial charge in [-0.2, -0.15) is 0 Å². The summed E-state index contributed by atoms with van der Waals surface area (Å²) in [5.74, 6) is 0.909. The van der Waals surface area contributed by atoms with Crippen LogP contribution in [0.1, 0.15) is 39.4 Å². The average Bonchev–Trinajstić information content (AvgIpc) is 2.78. The fraction of sp³-hybridized carbons (Fsp3) is 0.667. The molecule has 0 fully saturated rings. The van der Waals surface area contributed by atoms with Crippen molar-refractivity contribution in [3.63, 3.8) is 0 Å². The summed E-state index contributed by atoms with van der Waals surface area (Å²) < 4.78 is 7.03. The van der Waals surface area contributed by atoms with Crippen molar-refractivity contribution in [1.82, 2.24) is 20.2 Å². The third-order valence-electron chi connectivity index (χ3n) is 2.84. The Morgan fingerprint density at radius 1 is 1.27 bits per heavy atom. The molecule has 0 unspecified atom stereocenters. The molecule has 2 N–H and O–H groups in total. The molecule has 1 aromatic rings. The van der Waals surface area contributed by atoms with Crippen molar-refractivity contribution in [2.24, 2.45) is 7.05 Å². The molecule has 1 aromatic heterocycles. The molecule has 0 atom stereocenters. The molecule has 0 saturated heterocycles. The van der Waals surface area contributed by atoms with Crippen LogP contribution in [0, 0.1) is 0 Å². The van der Waals surface area contributed by atoms with E-state index in [0.29, 0.717) is 32.4 Å². The van der Waals surface area contributed by atoms with Gasteiger partial charge in [0.25, 0.3) is 0 Å². The Morgan fingerprint density at radius 3 is 2.59 bits per heavy atom. The summed E-state index contributed by atoms with van der Waals surface area (Å²) in [4.78, 5) is 27.2. The third-order valence-corrected chi connectivity index (χ3v) is 2.84. The number of amides is 2. The summed E-state index contributed by atoms with van der Waals surface area (Å²) in [6.07, 6.45) is 4.80. The van der Waals surface area contributed by atoms with E-state index >= 15 is 0 Å². The van der Waals surface area contributed by atoms with Gasteiger partial charge in [-0.15, -0.1) is 0 Å². The monoisotopic (exact) mass is 310 g/mol. The molecule has 22 heavy (non-hydrogen) atoms. The van der Waals surface area contributed by atoms with Gasteiger partial charge in [-0.25, -0.2) is 9.78 Å². The first-order valence-electron chi connectivity index (χ1n) is 7.47. The third kappa shape index (κ3) is 7.66. The van der Waals surface area contributed by atoms with Gasteiger partial charge in [0.15, 0.2) is 0 Å². The van der Waals surface area contributed by atoms with E-state index in [4.69, 9.17) is 4.74 Å². The summed E-state index contributed by atoms with van der Waals surface area (Å²) in [7, 11) is 1.92. The Bertz CT molecular complexity index is 491. The highest BCUT2D eigenvalue weighted by Gasteiger charge is 2.15. The van der Waals surface area contributed by atoms with E-state index in [0.717, 1.165) is 5.82 Å². The molecule has 0 bridgehead atoms. The van der Waals surface area contributed by atoms with Gasteiger partial charge in [0.05, 0.1) is 0 Å². The van der Waals surface area contributed by atoms with Crippen LogP contribution in [-0.4, -0.2) is 40.2 Å². The molecule has 0 aromatic carbocycles. The van der Waals surface area contributed by atoms with E-state index in [2.05, 4.69) is 15.6 Å². The molecule has 0 radical (unpaired) electrons. The highest BCUT2D eigenvalue weighted by Crippen LogP contribution is 2.06. The van der Waals surface area contributed by atoms with Crippen LogP contribution in [0.15, 0.2) is 12.4 Å². The fourth-order valence-electron chi connectivity index (χ4n) is 1.79. The molecule has 1 heterocycles. The molecule has 7 heteroatoms. The van der Waals surface area contributed by atoms with Crippen molar-refractivity contribution in [3.05, 3.63) is 18.2 Å². The Hall–Kier alpha value is -2.05. The summed E-state index contributed by atoms with van der Waals surface area (Å²) in [5.41, 5.74) is -0.508. The van der Waals surface area contributed by atoms with E-state index in [1.165, 1.54) is 0 Å². The first-order valence-corrected chi connectivity index (χ1v) is 7.47. The summed E-state index contributed by atoms with van der Waals surface area (Å²) in [6.45, 7) is 6.40. The lowest BCUT2D eigenvalue weighted by molar-refractivity contribution is -0.121. The van der Waals surface area contributed by atoms with Gasteiger partial charge >= 0.3 is 6.09 Å². The second-order valence-electron chi connectivity index (χ2n) is 6.09. The van der Waals surface area contributed by atoms with Gasteiger partial charge in [0.2, 0.25) is 5.91 Å². The largest absolute Gasteiger partial charge is 0.444 e. The van der Waals surface area contributed by atoms with Crippen LogP contribution in [0.5, 0.6) is 0 Å². The maximum Gasteiger partial charge on any atom is 0.407 e. The zero-order valence-electron chi connectivity index (χ0n) is 13.8. The van der Waals surface area contributed by atoms with Gasteiger partial charge in [0, 0.05) is 45.4 Å². The molecule has 124 valence electrons. The van der Waals surface area contributed by atoms with Crippen molar-refractivity contribution in [2.75, 3.05) is 13.1 Å². The van der Waals surface area contributed by atoms with Crippen molar-refractivity contribution in [1.29, 1.82) is 0 Å². The van der Waals surface area contributed by atoms with Crippen LogP contribution in [0.3, 0.4) is 0 Å². The number of hydrogen-bond donors (Lipinski definition) is 2. The normalized spacial score (nSPS) is 11.1. The minimum absolute atomic E-state index is 0.0276. The SMILES string of the molecule is Cn1ccnc1CCNC(=O)CCCNC(=O)OC(C)(C)C. The highest BCUT2D eigenvalue weighted by atomic mass is 16.6. The molecule has 7 nitrogen and oxygen atoms in total. The quantitative estimate of drug-likeness (QED) is 0.745. The van der Waals surface area contributed by atoms with Crippen LogP contribution in [0.4, 0.5) is 4.79 Å². The molecule has 2 amide bonds. The summed E-state index contributed by atoms with van der Waals surface area (Å²) >= 11 is 0. The topological polar surface area (TPSA) is 85.3 Å². The first-order chi connectivity index (χ1) is 10.3.